The molecule has 106 valence electrons. The van der Waals surface area contributed by atoms with Crippen LogP contribution in [-0.2, 0) is 0 Å². The number of benzene rings is 2. The number of methoxy groups -OCH3 is 1. The summed E-state index contributed by atoms with van der Waals surface area (Å²) >= 11 is 3.12. The van der Waals surface area contributed by atoms with Crippen molar-refractivity contribution in [3.05, 3.63) is 63.6 Å². The first kappa shape index (κ1) is 14.9. The van der Waals surface area contributed by atoms with E-state index in [1.165, 1.54) is 31.4 Å². The van der Waals surface area contributed by atoms with Crippen molar-refractivity contribution in [2.75, 3.05) is 7.11 Å². The Labute approximate surface area is 123 Å². The molecule has 0 aliphatic rings. The number of ether oxygens (including phenoxy) is 1. The lowest BCUT2D eigenvalue weighted by Crippen LogP contribution is -2.29. The maximum absolute atomic E-state index is 13.4. The number of halogens is 3. The van der Waals surface area contributed by atoms with E-state index in [0.717, 1.165) is 0 Å². The summed E-state index contributed by atoms with van der Waals surface area (Å²) in [6.45, 7) is 0. The second-order valence-electron chi connectivity index (χ2n) is 4.16. The summed E-state index contributed by atoms with van der Waals surface area (Å²) in [7, 11) is 1.49. The first-order valence-electron chi connectivity index (χ1n) is 5.81. The zero-order chi connectivity index (χ0) is 14.7. The van der Waals surface area contributed by atoms with E-state index in [1.807, 2.05) is 0 Å². The predicted octanol–water partition coefficient (Wildman–Crippen LogP) is 3.29. The Morgan fingerprint density at radius 1 is 1.20 bits per heavy atom. The quantitative estimate of drug-likeness (QED) is 0.662. The van der Waals surface area contributed by atoms with Gasteiger partial charge in [-0.2, -0.15) is 0 Å². The molecule has 2 rings (SSSR count). The lowest BCUT2D eigenvalue weighted by Gasteiger charge is -2.20. The fourth-order valence-electron chi connectivity index (χ4n) is 1.99. The van der Waals surface area contributed by atoms with Gasteiger partial charge < -0.3 is 4.74 Å². The summed E-state index contributed by atoms with van der Waals surface area (Å²) in [4.78, 5) is 0. The zero-order valence-electron chi connectivity index (χ0n) is 10.7. The standard InChI is InChI=1S/C14H13BrF2N2O/c1-20-13-5-3-9(16)7-10(13)14(19-18)8-2-4-12(17)11(15)6-8/h2-7,14,19H,18H2,1H3. The molecule has 0 saturated carbocycles. The van der Waals surface area contributed by atoms with Crippen LogP contribution in [0.4, 0.5) is 8.78 Å². The number of rotatable bonds is 4. The zero-order valence-corrected chi connectivity index (χ0v) is 12.2. The Morgan fingerprint density at radius 3 is 2.55 bits per heavy atom. The van der Waals surface area contributed by atoms with Crippen molar-refractivity contribution in [2.45, 2.75) is 6.04 Å². The Balaban J connectivity index is 2.51. The minimum absolute atomic E-state index is 0.311. The molecule has 0 bridgehead atoms. The maximum Gasteiger partial charge on any atom is 0.137 e. The van der Waals surface area contributed by atoms with Crippen LogP contribution in [0.2, 0.25) is 0 Å². The molecule has 0 spiro atoms. The van der Waals surface area contributed by atoms with Gasteiger partial charge in [0.15, 0.2) is 0 Å². The number of hydrogen-bond acceptors (Lipinski definition) is 3. The van der Waals surface area contributed by atoms with Gasteiger partial charge in [0, 0.05) is 5.56 Å². The van der Waals surface area contributed by atoms with Crippen molar-refractivity contribution >= 4 is 15.9 Å². The average Bonchev–Trinajstić information content (AvgIpc) is 2.44. The van der Waals surface area contributed by atoms with Crippen LogP contribution >= 0.6 is 15.9 Å². The fourth-order valence-corrected chi connectivity index (χ4v) is 2.38. The number of nitrogens with one attached hydrogen (secondary N) is 1. The molecule has 20 heavy (non-hydrogen) atoms. The minimum atomic E-state index is -0.516. The van der Waals surface area contributed by atoms with E-state index < -0.39 is 11.9 Å². The van der Waals surface area contributed by atoms with Crippen molar-refractivity contribution in [1.29, 1.82) is 0 Å². The molecule has 0 amide bonds. The molecule has 0 aliphatic heterocycles. The third-order valence-corrected chi connectivity index (χ3v) is 3.55. The first-order valence-corrected chi connectivity index (χ1v) is 6.60. The maximum atomic E-state index is 13.4. The summed E-state index contributed by atoms with van der Waals surface area (Å²) in [6, 6.07) is 8.12. The van der Waals surface area contributed by atoms with Crippen molar-refractivity contribution in [2.24, 2.45) is 5.84 Å². The van der Waals surface area contributed by atoms with E-state index in [1.54, 1.807) is 12.1 Å². The van der Waals surface area contributed by atoms with Crippen molar-refractivity contribution in [3.8, 4) is 5.75 Å². The third-order valence-electron chi connectivity index (χ3n) is 2.95. The van der Waals surface area contributed by atoms with E-state index in [4.69, 9.17) is 10.6 Å². The molecule has 0 fully saturated rings. The first-order chi connectivity index (χ1) is 9.56. The predicted molar refractivity (Wildman–Crippen MR) is 76.2 cm³/mol. The highest BCUT2D eigenvalue weighted by molar-refractivity contribution is 9.10. The van der Waals surface area contributed by atoms with Gasteiger partial charge in [-0.05, 0) is 51.8 Å². The summed E-state index contributed by atoms with van der Waals surface area (Å²) < 4.78 is 32.3. The van der Waals surface area contributed by atoms with Crippen LogP contribution in [0.1, 0.15) is 17.2 Å². The van der Waals surface area contributed by atoms with E-state index in [0.29, 0.717) is 21.3 Å². The van der Waals surface area contributed by atoms with Crippen LogP contribution in [0.5, 0.6) is 5.75 Å². The van der Waals surface area contributed by atoms with E-state index in [2.05, 4.69) is 21.4 Å². The SMILES string of the molecule is COc1ccc(F)cc1C(NN)c1ccc(F)c(Br)c1. The van der Waals surface area contributed by atoms with Crippen LogP contribution in [0.3, 0.4) is 0 Å². The second-order valence-corrected chi connectivity index (χ2v) is 5.01. The normalized spacial score (nSPS) is 12.2. The van der Waals surface area contributed by atoms with Gasteiger partial charge >= 0.3 is 0 Å². The van der Waals surface area contributed by atoms with Gasteiger partial charge in [0.1, 0.15) is 17.4 Å². The van der Waals surface area contributed by atoms with Gasteiger partial charge in [-0.3, -0.25) is 5.84 Å². The van der Waals surface area contributed by atoms with Crippen LogP contribution in [0, 0.1) is 11.6 Å². The number of nitrogens with two attached hydrogens (primary N) is 1. The van der Waals surface area contributed by atoms with Crippen LogP contribution in [0.15, 0.2) is 40.9 Å². The van der Waals surface area contributed by atoms with Crippen molar-refractivity contribution in [3.63, 3.8) is 0 Å². The van der Waals surface area contributed by atoms with Gasteiger partial charge in [0.2, 0.25) is 0 Å². The van der Waals surface area contributed by atoms with Crippen LogP contribution < -0.4 is 16.0 Å². The highest BCUT2D eigenvalue weighted by Crippen LogP contribution is 2.31. The molecule has 3 N–H and O–H groups in total. The Morgan fingerprint density at radius 2 is 1.95 bits per heavy atom. The molecule has 0 heterocycles. The van der Waals surface area contributed by atoms with Gasteiger partial charge in [-0.1, -0.05) is 6.07 Å². The second kappa shape index (κ2) is 6.30. The number of hydrazine groups is 1. The van der Waals surface area contributed by atoms with Gasteiger partial charge in [0.05, 0.1) is 17.6 Å². The molecule has 0 aliphatic carbocycles. The molecular weight excluding hydrogens is 330 g/mol. The highest BCUT2D eigenvalue weighted by atomic mass is 79.9. The summed E-state index contributed by atoms with van der Waals surface area (Å²) in [6.07, 6.45) is 0. The Kier molecular flexibility index (Phi) is 4.69. The lowest BCUT2D eigenvalue weighted by molar-refractivity contribution is 0.402. The molecule has 0 radical (unpaired) electrons. The smallest absolute Gasteiger partial charge is 0.137 e. The van der Waals surface area contributed by atoms with Crippen molar-refractivity contribution < 1.29 is 13.5 Å². The van der Waals surface area contributed by atoms with Gasteiger partial charge in [0.25, 0.3) is 0 Å². The van der Waals surface area contributed by atoms with E-state index >= 15 is 0 Å². The highest BCUT2D eigenvalue weighted by Gasteiger charge is 2.18. The summed E-state index contributed by atoms with van der Waals surface area (Å²) in [5.41, 5.74) is 3.81. The molecule has 1 unspecified atom stereocenters. The summed E-state index contributed by atoms with van der Waals surface area (Å²) in [5.74, 6) is 5.28. The topological polar surface area (TPSA) is 47.3 Å². The average molecular weight is 343 g/mol. The van der Waals surface area contributed by atoms with E-state index in [-0.39, 0.29) is 5.82 Å². The molecule has 2 aromatic rings. The lowest BCUT2D eigenvalue weighted by atomic mass is 9.98. The number of hydrogen-bond donors (Lipinski definition) is 2. The monoisotopic (exact) mass is 342 g/mol. The Hall–Kier alpha value is -1.50. The van der Waals surface area contributed by atoms with E-state index in [9.17, 15) is 8.78 Å². The minimum Gasteiger partial charge on any atom is -0.496 e. The van der Waals surface area contributed by atoms with Crippen molar-refractivity contribution in [1.82, 2.24) is 5.43 Å². The van der Waals surface area contributed by atoms with Crippen LogP contribution in [0.25, 0.3) is 0 Å². The molecular formula is C14H13BrF2N2O. The van der Waals surface area contributed by atoms with Gasteiger partial charge in [-0.15, -0.1) is 0 Å². The van der Waals surface area contributed by atoms with Crippen LogP contribution in [-0.4, -0.2) is 7.11 Å². The molecule has 3 nitrogen and oxygen atoms in total. The fraction of sp³-hybridized carbons (Fsp3) is 0.143. The largest absolute Gasteiger partial charge is 0.496 e. The molecule has 2 aromatic carbocycles. The molecule has 0 saturated heterocycles. The molecule has 0 aromatic heterocycles. The summed E-state index contributed by atoms with van der Waals surface area (Å²) in [5, 5.41) is 0. The Bertz CT molecular complexity index is 622. The third kappa shape index (κ3) is 2.98. The van der Waals surface area contributed by atoms with Gasteiger partial charge in [-0.25, -0.2) is 14.2 Å². The molecule has 6 heteroatoms. The molecule has 1 atom stereocenters.